The highest BCUT2D eigenvalue weighted by Crippen LogP contribution is 2.22. The molecule has 0 aliphatic carbocycles. The minimum absolute atomic E-state index is 0.220. The molecule has 1 aliphatic heterocycles. The fourth-order valence-electron chi connectivity index (χ4n) is 2.47. The number of H-pyrrole nitrogens is 1. The molecule has 5 heteroatoms. The molecule has 1 saturated heterocycles. The summed E-state index contributed by atoms with van der Waals surface area (Å²) in [4.78, 5) is 7.31. The Kier molecular flexibility index (Phi) is 3.29. The van der Waals surface area contributed by atoms with Gasteiger partial charge in [-0.3, -0.25) is 0 Å². The molecule has 19 heavy (non-hydrogen) atoms. The lowest BCUT2D eigenvalue weighted by Crippen LogP contribution is -2.24. The second-order valence-corrected chi connectivity index (χ2v) is 4.87. The summed E-state index contributed by atoms with van der Waals surface area (Å²) < 4.78 is 26.8. The van der Waals surface area contributed by atoms with Crippen LogP contribution >= 0.6 is 0 Å². The van der Waals surface area contributed by atoms with Crippen molar-refractivity contribution in [1.29, 1.82) is 0 Å². The molecule has 1 unspecified atom stereocenters. The standard InChI is InChI=1S/C14H15F2N3/c15-9-3-4-12(16)11(6-9)13-8-18-14(19-13)7-10-2-1-5-17-10/h3-4,6,8,10,17H,1-2,5,7H2,(H,18,19). The lowest BCUT2D eigenvalue weighted by Gasteiger charge is -2.06. The van der Waals surface area contributed by atoms with Crippen LogP contribution in [0.2, 0.25) is 0 Å². The Morgan fingerprint density at radius 1 is 1.32 bits per heavy atom. The first-order valence-corrected chi connectivity index (χ1v) is 6.45. The van der Waals surface area contributed by atoms with E-state index in [9.17, 15) is 8.78 Å². The minimum Gasteiger partial charge on any atom is -0.342 e. The molecule has 1 aliphatic rings. The third kappa shape index (κ3) is 2.66. The molecule has 0 amide bonds. The Labute approximate surface area is 110 Å². The summed E-state index contributed by atoms with van der Waals surface area (Å²) in [6.45, 7) is 1.04. The molecule has 0 radical (unpaired) electrons. The van der Waals surface area contributed by atoms with E-state index in [1.807, 2.05) is 0 Å². The molecule has 1 aromatic heterocycles. The molecule has 0 spiro atoms. The zero-order chi connectivity index (χ0) is 13.2. The van der Waals surface area contributed by atoms with Crippen molar-refractivity contribution in [3.63, 3.8) is 0 Å². The van der Waals surface area contributed by atoms with E-state index < -0.39 is 11.6 Å². The third-order valence-corrected chi connectivity index (χ3v) is 3.45. The SMILES string of the molecule is Fc1ccc(F)c(-c2cnc(CC3CCCN3)[nH]2)c1. The normalized spacial score (nSPS) is 18.9. The first-order chi connectivity index (χ1) is 9.22. The van der Waals surface area contributed by atoms with Crippen LogP contribution in [0.1, 0.15) is 18.7 Å². The maximum Gasteiger partial charge on any atom is 0.132 e. The lowest BCUT2D eigenvalue weighted by molar-refractivity contribution is 0.588. The van der Waals surface area contributed by atoms with E-state index in [2.05, 4.69) is 15.3 Å². The van der Waals surface area contributed by atoms with Gasteiger partial charge >= 0.3 is 0 Å². The van der Waals surface area contributed by atoms with Crippen LogP contribution in [0.15, 0.2) is 24.4 Å². The average molecular weight is 263 g/mol. The van der Waals surface area contributed by atoms with E-state index in [-0.39, 0.29) is 5.56 Å². The second-order valence-electron chi connectivity index (χ2n) is 4.87. The molecule has 1 aromatic carbocycles. The summed E-state index contributed by atoms with van der Waals surface area (Å²) in [6, 6.07) is 3.85. The predicted molar refractivity (Wildman–Crippen MR) is 68.7 cm³/mol. The van der Waals surface area contributed by atoms with Gasteiger partial charge < -0.3 is 10.3 Å². The van der Waals surface area contributed by atoms with Crippen LogP contribution in [-0.4, -0.2) is 22.6 Å². The Hall–Kier alpha value is -1.75. The molecule has 1 atom stereocenters. The van der Waals surface area contributed by atoms with Crippen molar-refractivity contribution in [1.82, 2.24) is 15.3 Å². The Morgan fingerprint density at radius 2 is 2.21 bits per heavy atom. The summed E-state index contributed by atoms with van der Waals surface area (Å²) in [7, 11) is 0. The number of benzene rings is 1. The van der Waals surface area contributed by atoms with Gasteiger partial charge in [0.05, 0.1) is 11.9 Å². The van der Waals surface area contributed by atoms with Gasteiger partial charge in [-0.1, -0.05) is 0 Å². The van der Waals surface area contributed by atoms with E-state index in [4.69, 9.17) is 0 Å². The van der Waals surface area contributed by atoms with Crippen LogP contribution in [0.4, 0.5) is 8.78 Å². The van der Waals surface area contributed by atoms with Crippen molar-refractivity contribution < 1.29 is 8.78 Å². The fraction of sp³-hybridized carbons (Fsp3) is 0.357. The summed E-state index contributed by atoms with van der Waals surface area (Å²) >= 11 is 0. The van der Waals surface area contributed by atoms with Gasteiger partial charge in [-0.25, -0.2) is 13.8 Å². The summed E-state index contributed by atoms with van der Waals surface area (Å²) in [5.41, 5.74) is 0.739. The number of halogens is 2. The van der Waals surface area contributed by atoms with Crippen molar-refractivity contribution in [2.75, 3.05) is 6.54 Å². The summed E-state index contributed by atoms with van der Waals surface area (Å²) in [5, 5.41) is 3.38. The van der Waals surface area contributed by atoms with Crippen LogP contribution in [0.5, 0.6) is 0 Å². The first kappa shape index (κ1) is 12.3. The molecular formula is C14H15F2N3. The van der Waals surface area contributed by atoms with Gasteiger partial charge in [0.1, 0.15) is 17.5 Å². The van der Waals surface area contributed by atoms with Crippen molar-refractivity contribution in [3.8, 4) is 11.3 Å². The Morgan fingerprint density at radius 3 is 3.00 bits per heavy atom. The monoisotopic (exact) mass is 263 g/mol. The third-order valence-electron chi connectivity index (χ3n) is 3.45. The lowest BCUT2D eigenvalue weighted by atomic mass is 10.1. The van der Waals surface area contributed by atoms with Crippen LogP contribution in [-0.2, 0) is 6.42 Å². The molecule has 0 saturated carbocycles. The minimum atomic E-state index is -0.454. The average Bonchev–Trinajstić information content (AvgIpc) is 3.04. The van der Waals surface area contributed by atoms with Crippen molar-refractivity contribution in [3.05, 3.63) is 41.9 Å². The smallest absolute Gasteiger partial charge is 0.132 e. The van der Waals surface area contributed by atoms with Crippen LogP contribution < -0.4 is 5.32 Å². The number of nitrogens with zero attached hydrogens (tertiary/aromatic N) is 1. The highest BCUT2D eigenvalue weighted by molar-refractivity contribution is 5.59. The maximum atomic E-state index is 13.6. The number of nitrogens with one attached hydrogen (secondary N) is 2. The van der Waals surface area contributed by atoms with Crippen LogP contribution in [0.3, 0.4) is 0 Å². The Balaban J connectivity index is 1.82. The Bertz CT molecular complexity index is 574. The van der Waals surface area contributed by atoms with E-state index >= 15 is 0 Å². The van der Waals surface area contributed by atoms with E-state index in [0.717, 1.165) is 37.3 Å². The summed E-state index contributed by atoms with van der Waals surface area (Å²) in [6.07, 6.45) is 4.65. The van der Waals surface area contributed by atoms with E-state index in [1.54, 1.807) is 6.20 Å². The zero-order valence-corrected chi connectivity index (χ0v) is 10.4. The molecule has 2 aromatic rings. The molecule has 3 rings (SSSR count). The van der Waals surface area contributed by atoms with E-state index in [0.29, 0.717) is 11.7 Å². The van der Waals surface area contributed by atoms with Gasteiger partial charge in [0.25, 0.3) is 0 Å². The number of aromatic amines is 1. The molecule has 2 N–H and O–H groups in total. The predicted octanol–water partition coefficient (Wildman–Crippen LogP) is 2.65. The van der Waals surface area contributed by atoms with Crippen molar-refractivity contribution in [2.45, 2.75) is 25.3 Å². The van der Waals surface area contributed by atoms with Gasteiger partial charge in [0.2, 0.25) is 0 Å². The zero-order valence-electron chi connectivity index (χ0n) is 10.4. The van der Waals surface area contributed by atoms with Gasteiger partial charge in [-0.15, -0.1) is 0 Å². The maximum absolute atomic E-state index is 13.6. The van der Waals surface area contributed by atoms with Crippen molar-refractivity contribution in [2.24, 2.45) is 0 Å². The molecule has 3 nitrogen and oxygen atoms in total. The van der Waals surface area contributed by atoms with Gasteiger partial charge in [-0.05, 0) is 37.6 Å². The van der Waals surface area contributed by atoms with Gasteiger partial charge in [0.15, 0.2) is 0 Å². The van der Waals surface area contributed by atoms with Gasteiger partial charge in [0, 0.05) is 18.0 Å². The number of aromatic nitrogens is 2. The molecular weight excluding hydrogens is 248 g/mol. The van der Waals surface area contributed by atoms with Crippen LogP contribution in [0, 0.1) is 11.6 Å². The highest BCUT2D eigenvalue weighted by Gasteiger charge is 2.17. The molecule has 1 fully saturated rings. The largest absolute Gasteiger partial charge is 0.342 e. The fourth-order valence-corrected chi connectivity index (χ4v) is 2.47. The molecule has 2 heterocycles. The van der Waals surface area contributed by atoms with E-state index in [1.165, 1.54) is 12.5 Å². The topological polar surface area (TPSA) is 40.7 Å². The van der Waals surface area contributed by atoms with Gasteiger partial charge in [-0.2, -0.15) is 0 Å². The molecule has 0 bridgehead atoms. The number of hydrogen-bond donors (Lipinski definition) is 2. The quantitative estimate of drug-likeness (QED) is 0.893. The first-order valence-electron chi connectivity index (χ1n) is 6.45. The number of imidazole rings is 1. The molecule has 100 valence electrons. The number of rotatable bonds is 3. The number of hydrogen-bond acceptors (Lipinski definition) is 2. The van der Waals surface area contributed by atoms with Crippen molar-refractivity contribution >= 4 is 0 Å². The highest BCUT2D eigenvalue weighted by atomic mass is 19.1. The second kappa shape index (κ2) is 5.09. The van der Waals surface area contributed by atoms with Crippen LogP contribution in [0.25, 0.3) is 11.3 Å². The summed E-state index contributed by atoms with van der Waals surface area (Å²) in [5.74, 6) is -0.0985.